The zero-order valence-electron chi connectivity index (χ0n) is 12.3. The van der Waals surface area contributed by atoms with Gasteiger partial charge in [0.25, 0.3) is 0 Å². The Kier molecular flexibility index (Phi) is 4.93. The summed E-state index contributed by atoms with van der Waals surface area (Å²) in [6, 6.07) is 8.20. The van der Waals surface area contributed by atoms with Crippen molar-refractivity contribution in [3.63, 3.8) is 0 Å². The van der Waals surface area contributed by atoms with Crippen molar-refractivity contribution in [1.29, 1.82) is 0 Å². The van der Waals surface area contributed by atoms with E-state index in [1.165, 1.54) is 0 Å². The Balaban J connectivity index is 2.14. The van der Waals surface area contributed by atoms with E-state index >= 15 is 0 Å². The molecule has 0 unspecified atom stereocenters. The highest BCUT2D eigenvalue weighted by Crippen LogP contribution is 2.18. The minimum Gasteiger partial charge on any atom is -0.383 e. The second-order valence-electron chi connectivity index (χ2n) is 5.23. The molecule has 2 rings (SSSR count). The normalized spacial score (nSPS) is 11.7. The standard InChI is InChI=1S/C16H22N2O2/c1-12(2)18(8-9-20-3)11-16(19)14-10-17-15-7-5-4-6-13(14)15/h4-7,10,12,17H,8-9,11H2,1-3H3. The molecule has 0 fully saturated rings. The van der Waals surface area contributed by atoms with Crippen molar-refractivity contribution in [3.05, 3.63) is 36.0 Å². The summed E-state index contributed by atoms with van der Waals surface area (Å²) in [5.41, 5.74) is 1.77. The minimum absolute atomic E-state index is 0.146. The topological polar surface area (TPSA) is 45.3 Å². The van der Waals surface area contributed by atoms with Gasteiger partial charge < -0.3 is 9.72 Å². The van der Waals surface area contributed by atoms with Crippen molar-refractivity contribution < 1.29 is 9.53 Å². The lowest BCUT2D eigenvalue weighted by molar-refractivity contribution is 0.0853. The van der Waals surface area contributed by atoms with E-state index in [9.17, 15) is 4.79 Å². The molecule has 0 bridgehead atoms. The largest absolute Gasteiger partial charge is 0.383 e. The predicted molar refractivity (Wildman–Crippen MR) is 81.2 cm³/mol. The number of aromatic amines is 1. The van der Waals surface area contributed by atoms with Crippen LogP contribution in [0.15, 0.2) is 30.5 Å². The number of nitrogens with zero attached hydrogens (tertiary/aromatic N) is 1. The van der Waals surface area contributed by atoms with E-state index in [2.05, 4.69) is 23.7 Å². The number of hydrogen-bond acceptors (Lipinski definition) is 3. The molecule has 0 amide bonds. The molecule has 0 atom stereocenters. The highest BCUT2D eigenvalue weighted by molar-refractivity contribution is 6.08. The van der Waals surface area contributed by atoms with Crippen molar-refractivity contribution >= 4 is 16.7 Å². The van der Waals surface area contributed by atoms with E-state index in [0.29, 0.717) is 19.2 Å². The Bertz CT molecular complexity index is 575. The number of fused-ring (bicyclic) bond motifs is 1. The Morgan fingerprint density at radius 2 is 2.10 bits per heavy atom. The average molecular weight is 274 g/mol. The van der Waals surface area contributed by atoms with E-state index in [-0.39, 0.29) is 5.78 Å². The number of para-hydroxylation sites is 1. The smallest absolute Gasteiger partial charge is 0.178 e. The lowest BCUT2D eigenvalue weighted by Gasteiger charge is -2.25. The average Bonchev–Trinajstić information content (AvgIpc) is 2.87. The van der Waals surface area contributed by atoms with Crippen LogP contribution in [0.3, 0.4) is 0 Å². The first kappa shape index (κ1) is 14.8. The maximum Gasteiger partial charge on any atom is 0.178 e. The summed E-state index contributed by atoms with van der Waals surface area (Å²) >= 11 is 0. The summed E-state index contributed by atoms with van der Waals surface area (Å²) in [6.07, 6.45) is 1.81. The lowest BCUT2D eigenvalue weighted by Crippen LogP contribution is -2.38. The van der Waals surface area contributed by atoms with Gasteiger partial charge >= 0.3 is 0 Å². The number of H-pyrrole nitrogens is 1. The van der Waals surface area contributed by atoms with E-state index in [0.717, 1.165) is 23.0 Å². The molecule has 108 valence electrons. The molecule has 2 aromatic rings. The van der Waals surface area contributed by atoms with Gasteiger partial charge in [-0.15, -0.1) is 0 Å². The fourth-order valence-corrected chi connectivity index (χ4v) is 2.30. The molecule has 20 heavy (non-hydrogen) atoms. The molecular formula is C16H22N2O2. The van der Waals surface area contributed by atoms with E-state index in [4.69, 9.17) is 4.74 Å². The first-order valence-corrected chi connectivity index (χ1v) is 6.95. The molecular weight excluding hydrogens is 252 g/mol. The van der Waals surface area contributed by atoms with Crippen LogP contribution in [-0.4, -0.2) is 48.5 Å². The summed E-state index contributed by atoms with van der Waals surface area (Å²) < 4.78 is 5.11. The van der Waals surface area contributed by atoms with Crippen molar-refractivity contribution in [2.75, 3.05) is 26.8 Å². The number of benzene rings is 1. The minimum atomic E-state index is 0.146. The number of rotatable bonds is 7. The zero-order chi connectivity index (χ0) is 14.5. The molecule has 0 aliphatic rings. The second-order valence-corrected chi connectivity index (χ2v) is 5.23. The number of ether oxygens (including phenoxy) is 1. The van der Waals surface area contributed by atoms with Gasteiger partial charge in [0, 0.05) is 42.4 Å². The van der Waals surface area contributed by atoms with Crippen LogP contribution in [0.1, 0.15) is 24.2 Å². The number of Topliss-reactive ketones (excluding diaryl/α,β-unsaturated/α-hetero) is 1. The van der Waals surface area contributed by atoms with Gasteiger partial charge in [0.05, 0.1) is 13.2 Å². The van der Waals surface area contributed by atoms with Gasteiger partial charge in [-0.25, -0.2) is 0 Å². The molecule has 1 aromatic carbocycles. The van der Waals surface area contributed by atoms with E-state index in [1.54, 1.807) is 7.11 Å². The first-order chi connectivity index (χ1) is 9.63. The van der Waals surface area contributed by atoms with Crippen LogP contribution in [0.2, 0.25) is 0 Å². The molecule has 1 aromatic heterocycles. The third kappa shape index (κ3) is 3.26. The van der Waals surface area contributed by atoms with E-state index in [1.807, 2.05) is 30.5 Å². The van der Waals surface area contributed by atoms with Gasteiger partial charge in [-0.3, -0.25) is 9.69 Å². The number of hydrogen-bond donors (Lipinski definition) is 1. The third-order valence-electron chi connectivity index (χ3n) is 3.55. The SMILES string of the molecule is COCCN(CC(=O)c1c[nH]c2ccccc12)C(C)C. The number of methoxy groups -OCH3 is 1. The van der Waals surface area contributed by atoms with Crippen LogP contribution in [0, 0.1) is 0 Å². The fourth-order valence-electron chi connectivity index (χ4n) is 2.30. The summed E-state index contributed by atoms with van der Waals surface area (Å²) in [6.45, 7) is 6.01. The highest BCUT2D eigenvalue weighted by Gasteiger charge is 2.17. The van der Waals surface area contributed by atoms with Gasteiger partial charge in [0.1, 0.15) is 0 Å². The van der Waals surface area contributed by atoms with Crippen LogP contribution in [0.4, 0.5) is 0 Å². The van der Waals surface area contributed by atoms with Gasteiger partial charge in [-0.1, -0.05) is 18.2 Å². The number of carbonyl (C=O) groups excluding carboxylic acids is 1. The van der Waals surface area contributed by atoms with Crippen LogP contribution in [0.25, 0.3) is 10.9 Å². The second kappa shape index (κ2) is 6.68. The van der Waals surface area contributed by atoms with Crippen LogP contribution >= 0.6 is 0 Å². The first-order valence-electron chi connectivity index (χ1n) is 6.95. The van der Waals surface area contributed by atoms with Crippen molar-refractivity contribution in [3.8, 4) is 0 Å². The summed E-state index contributed by atoms with van der Waals surface area (Å²) in [5.74, 6) is 0.146. The monoisotopic (exact) mass is 274 g/mol. The molecule has 4 heteroatoms. The molecule has 0 saturated carbocycles. The number of aromatic nitrogens is 1. The van der Waals surface area contributed by atoms with Crippen LogP contribution in [-0.2, 0) is 4.74 Å². The molecule has 0 aliphatic carbocycles. The van der Waals surface area contributed by atoms with Gasteiger partial charge in [0.15, 0.2) is 5.78 Å². The quantitative estimate of drug-likeness (QED) is 0.790. The summed E-state index contributed by atoms with van der Waals surface area (Å²) in [4.78, 5) is 17.8. The highest BCUT2D eigenvalue weighted by atomic mass is 16.5. The van der Waals surface area contributed by atoms with Gasteiger partial charge in [-0.05, 0) is 19.9 Å². The van der Waals surface area contributed by atoms with Gasteiger partial charge in [0.2, 0.25) is 0 Å². The Morgan fingerprint density at radius 1 is 1.35 bits per heavy atom. The molecule has 1 heterocycles. The Labute approximate surface area is 119 Å². The summed E-state index contributed by atoms with van der Waals surface area (Å²) in [7, 11) is 1.68. The van der Waals surface area contributed by atoms with E-state index < -0.39 is 0 Å². The molecule has 0 spiro atoms. The number of ketones is 1. The van der Waals surface area contributed by atoms with Gasteiger partial charge in [-0.2, -0.15) is 0 Å². The molecule has 4 nitrogen and oxygen atoms in total. The predicted octanol–water partition coefficient (Wildman–Crippen LogP) is 2.71. The summed E-state index contributed by atoms with van der Waals surface area (Å²) in [5, 5.41) is 0.993. The zero-order valence-corrected chi connectivity index (χ0v) is 12.3. The Morgan fingerprint density at radius 3 is 2.80 bits per heavy atom. The van der Waals surface area contributed by atoms with Crippen molar-refractivity contribution in [2.45, 2.75) is 19.9 Å². The molecule has 0 saturated heterocycles. The third-order valence-corrected chi connectivity index (χ3v) is 3.55. The lowest BCUT2D eigenvalue weighted by atomic mass is 10.1. The fraction of sp³-hybridized carbons (Fsp3) is 0.438. The molecule has 0 radical (unpaired) electrons. The Hall–Kier alpha value is -1.65. The van der Waals surface area contributed by atoms with Crippen LogP contribution < -0.4 is 0 Å². The van der Waals surface area contributed by atoms with Crippen molar-refractivity contribution in [1.82, 2.24) is 9.88 Å². The maximum absolute atomic E-state index is 12.5. The number of nitrogens with one attached hydrogen (secondary N) is 1. The molecule has 1 N–H and O–H groups in total. The van der Waals surface area contributed by atoms with Crippen LogP contribution in [0.5, 0.6) is 0 Å². The maximum atomic E-state index is 12.5. The number of carbonyl (C=O) groups is 1. The molecule has 0 aliphatic heterocycles. The van der Waals surface area contributed by atoms with Crippen molar-refractivity contribution in [2.24, 2.45) is 0 Å².